The number of rotatable bonds is 4. The maximum Gasteiger partial charge on any atom is 0.320 e. The van der Waals surface area contributed by atoms with Gasteiger partial charge in [0.15, 0.2) is 17.0 Å². The van der Waals surface area contributed by atoms with Gasteiger partial charge in [0.2, 0.25) is 0 Å². The fourth-order valence-corrected chi connectivity index (χ4v) is 2.35. The number of alkyl halides is 1. The molecule has 3 rings (SSSR count). The maximum absolute atomic E-state index is 12.6. The number of nitrogens with one attached hydrogen (secondary N) is 1. The first-order chi connectivity index (χ1) is 9.83. The van der Waals surface area contributed by atoms with Gasteiger partial charge in [-0.15, -0.1) is 24.8 Å². The summed E-state index contributed by atoms with van der Waals surface area (Å²) in [6, 6.07) is 0.284. The number of imidazole rings is 1. The monoisotopic (exact) mass is 352 g/mol. The number of aryl methyl sites for hydroxylation is 1. The van der Waals surface area contributed by atoms with Gasteiger partial charge in [0.1, 0.15) is 6.67 Å². The van der Waals surface area contributed by atoms with Crippen molar-refractivity contribution in [3.63, 3.8) is 0 Å². The minimum atomic E-state index is -0.458. The Hall–Kier alpha value is -1.38. The molecule has 0 bridgehead atoms. The van der Waals surface area contributed by atoms with Crippen molar-refractivity contribution >= 4 is 41.8 Å². The molecule has 1 N–H and O–H groups in total. The first-order valence-electron chi connectivity index (χ1n) is 6.62. The topological polar surface area (TPSA) is 68.1 Å². The summed E-state index contributed by atoms with van der Waals surface area (Å²) in [7, 11) is 1.53. The third-order valence-corrected chi connectivity index (χ3v) is 3.35. The van der Waals surface area contributed by atoms with Crippen LogP contribution in [-0.2, 0) is 6.54 Å². The molecule has 0 aliphatic carbocycles. The van der Waals surface area contributed by atoms with Crippen molar-refractivity contribution < 1.29 is 9.13 Å². The molecule has 10 heteroatoms. The molecule has 1 aliphatic heterocycles. The molecule has 2 aromatic heterocycles. The average molecular weight is 353 g/mol. The minimum absolute atomic E-state index is 0. The van der Waals surface area contributed by atoms with Gasteiger partial charge in [-0.05, 0) is 0 Å². The minimum Gasteiger partial charge on any atom is -0.467 e. The molecule has 0 atom stereocenters. The Kier molecular flexibility index (Phi) is 7.05. The SMILES string of the molecule is COc1nc(N2CCNCC2)c2ncn(CCF)c2n1.Cl.Cl. The fraction of sp³-hybridized carbons (Fsp3) is 0.583. The summed E-state index contributed by atoms with van der Waals surface area (Å²) < 4.78 is 19.4. The van der Waals surface area contributed by atoms with Crippen LogP contribution in [-0.4, -0.2) is 59.5 Å². The molecule has 124 valence electrons. The molecule has 0 amide bonds. The summed E-state index contributed by atoms with van der Waals surface area (Å²) in [5.74, 6) is 0.756. The molecule has 7 nitrogen and oxygen atoms in total. The second-order valence-electron chi connectivity index (χ2n) is 4.57. The van der Waals surface area contributed by atoms with Crippen LogP contribution in [0, 0.1) is 0 Å². The predicted octanol–water partition coefficient (Wildman–Crippen LogP) is 1.06. The van der Waals surface area contributed by atoms with Crippen LogP contribution in [0.2, 0.25) is 0 Å². The molecule has 1 aliphatic rings. The zero-order valence-electron chi connectivity index (χ0n) is 12.2. The van der Waals surface area contributed by atoms with Crippen molar-refractivity contribution in [1.29, 1.82) is 0 Å². The van der Waals surface area contributed by atoms with Gasteiger partial charge in [-0.2, -0.15) is 9.97 Å². The Labute approximate surface area is 140 Å². The summed E-state index contributed by atoms with van der Waals surface area (Å²) in [4.78, 5) is 15.2. The summed E-state index contributed by atoms with van der Waals surface area (Å²) in [5, 5.41) is 3.30. The molecule has 0 unspecified atom stereocenters. The van der Waals surface area contributed by atoms with E-state index in [0.717, 1.165) is 32.0 Å². The van der Waals surface area contributed by atoms with Crippen LogP contribution >= 0.6 is 24.8 Å². The van der Waals surface area contributed by atoms with Gasteiger partial charge in [0.25, 0.3) is 0 Å². The maximum atomic E-state index is 12.6. The van der Waals surface area contributed by atoms with E-state index in [0.29, 0.717) is 11.2 Å². The first kappa shape index (κ1) is 18.7. The van der Waals surface area contributed by atoms with Crippen molar-refractivity contribution in [3.8, 4) is 6.01 Å². The van der Waals surface area contributed by atoms with Crippen LogP contribution in [0.3, 0.4) is 0 Å². The van der Waals surface area contributed by atoms with E-state index in [2.05, 4.69) is 25.2 Å². The van der Waals surface area contributed by atoms with Crippen LogP contribution in [0.15, 0.2) is 6.33 Å². The largest absolute Gasteiger partial charge is 0.467 e. The number of hydrogen-bond acceptors (Lipinski definition) is 6. The Balaban J connectivity index is 0.00000121. The molecule has 1 saturated heterocycles. The van der Waals surface area contributed by atoms with Crippen LogP contribution in [0.25, 0.3) is 11.2 Å². The Morgan fingerprint density at radius 3 is 2.64 bits per heavy atom. The lowest BCUT2D eigenvalue weighted by atomic mass is 10.3. The van der Waals surface area contributed by atoms with Gasteiger partial charge in [-0.25, -0.2) is 9.37 Å². The lowest BCUT2D eigenvalue weighted by Gasteiger charge is -2.28. The summed E-state index contributed by atoms with van der Waals surface area (Å²) >= 11 is 0. The number of hydrogen-bond donors (Lipinski definition) is 1. The molecule has 3 heterocycles. The zero-order chi connectivity index (χ0) is 13.9. The lowest BCUT2D eigenvalue weighted by Crippen LogP contribution is -2.44. The summed E-state index contributed by atoms with van der Waals surface area (Å²) in [6.45, 7) is 3.28. The van der Waals surface area contributed by atoms with Crippen molar-refractivity contribution in [2.75, 3.05) is 44.9 Å². The number of aromatic nitrogens is 4. The number of piperazine rings is 1. The number of ether oxygens (including phenoxy) is 1. The van der Waals surface area contributed by atoms with Crippen LogP contribution in [0.4, 0.5) is 10.2 Å². The van der Waals surface area contributed by atoms with Crippen molar-refractivity contribution in [3.05, 3.63) is 6.33 Å². The fourth-order valence-electron chi connectivity index (χ4n) is 2.35. The quantitative estimate of drug-likeness (QED) is 0.887. The molecular formula is C12H19Cl2FN6O. The van der Waals surface area contributed by atoms with Crippen LogP contribution < -0.4 is 15.0 Å². The van der Waals surface area contributed by atoms with E-state index in [-0.39, 0.29) is 37.4 Å². The highest BCUT2D eigenvalue weighted by molar-refractivity contribution is 5.85. The summed E-state index contributed by atoms with van der Waals surface area (Å²) in [5.41, 5.74) is 1.31. The van der Waals surface area contributed by atoms with Crippen molar-refractivity contribution in [2.24, 2.45) is 0 Å². The third-order valence-electron chi connectivity index (χ3n) is 3.35. The van der Waals surface area contributed by atoms with E-state index in [1.165, 1.54) is 7.11 Å². The smallest absolute Gasteiger partial charge is 0.320 e. The standard InChI is InChI=1S/C12H17FN6O.2ClH/c1-20-12-16-10(18-6-3-14-4-7-18)9-11(17-12)19(5-2-13)8-15-9;;/h8,14H,2-7H2,1H3;2*1H. The lowest BCUT2D eigenvalue weighted by molar-refractivity contribution is 0.380. The second-order valence-corrected chi connectivity index (χ2v) is 4.57. The van der Waals surface area contributed by atoms with E-state index in [1.54, 1.807) is 10.9 Å². The van der Waals surface area contributed by atoms with E-state index >= 15 is 0 Å². The number of nitrogens with zero attached hydrogens (tertiary/aromatic N) is 5. The molecule has 2 aromatic rings. The normalized spacial score (nSPS) is 14.4. The van der Waals surface area contributed by atoms with Crippen molar-refractivity contribution in [1.82, 2.24) is 24.8 Å². The highest BCUT2D eigenvalue weighted by atomic mass is 35.5. The van der Waals surface area contributed by atoms with Gasteiger partial charge >= 0.3 is 6.01 Å². The Morgan fingerprint density at radius 2 is 2.00 bits per heavy atom. The number of halogens is 3. The number of anilines is 1. The van der Waals surface area contributed by atoms with E-state index in [1.807, 2.05) is 0 Å². The molecule has 0 spiro atoms. The third kappa shape index (κ3) is 3.50. The zero-order valence-corrected chi connectivity index (χ0v) is 13.8. The van der Waals surface area contributed by atoms with Gasteiger partial charge < -0.3 is 19.5 Å². The Morgan fingerprint density at radius 1 is 1.27 bits per heavy atom. The summed E-state index contributed by atoms with van der Waals surface area (Å²) in [6.07, 6.45) is 1.60. The number of fused-ring (bicyclic) bond motifs is 1. The second kappa shape index (κ2) is 8.30. The first-order valence-corrected chi connectivity index (χ1v) is 6.62. The molecule has 0 saturated carbocycles. The Bertz CT molecular complexity index is 605. The van der Waals surface area contributed by atoms with E-state index < -0.39 is 6.67 Å². The number of methoxy groups -OCH3 is 1. The molecular weight excluding hydrogens is 334 g/mol. The van der Waals surface area contributed by atoms with Gasteiger partial charge in [-0.3, -0.25) is 0 Å². The van der Waals surface area contributed by atoms with Gasteiger partial charge in [0, 0.05) is 26.2 Å². The molecule has 0 aromatic carbocycles. The van der Waals surface area contributed by atoms with E-state index in [9.17, 15) is 4.39 Å². The highest BCUT2D eigenvalue weighted by Gasteiger charge is 2.20. The molecule has 22 heavy (non-hydrogen) atoms. The molecule has 1 fully saturated rings. The highest BCUT2D eigenvalue weighted by Crippen LogP contribution is 2.25. The van der Waals surface area contributed by atoms with Gasteiger partial charge in [0.05, 0.1) is 20.0 Å². The predicted molar refractivity (Wildman–Crippen MR) is 87.4 cm³/mol. The van der Waals surface area contributed by atoms with Crippen molar-refractivity contribution in [2.45, 2.75) is 6.54 Å². The molecule has 0 radical (unpaired) electrons. The van der Waals surface area contributed by atoms with E-state index in [4.69, 9.17) is 4.74 Å². The van der Waals surface area contributed by atoms with Gasteiger partial charge in [-0.1, -0.05) is 0 Å². The average Bonchev–Trinajstić information content (AvgIpc) is 2.91. The van der Waals surface area contributed by atoms with Crippen LogP contribution in [0.5, 0.6) is 6.01 Å². The van der Waals surface area contributed by atoms with Crippen LogP contribution in [0.1, 0.15) is 0 Å².